The molecule has 13 heavy (non-hydrogen) atoms. The maximum atomic E-state index is 11.1. The van der Waals surface area contributed by atoms with E-state index in [1.807, 2.05) is 0 Å². The quantitative estimate of drug-likeness (QED) is 0.505. The van der Waals surface area contributed by atoms with Gasteiger partial charge in [0.25, 0.3) is 0 Å². The standard InChI is InChI=1S/C8H10N2O3/c1-2-13-8(12)6-5-10(9)4-3-7(6)11/h3-5H,2,9H2,1H3. The summed E-state index contributed by atoms with van der Waals surface area (Å²) in [5.41, 5.74) is -0.438. The molecular formula is C8H10N2O3. The molecule has 0 radical (unpaired) electrons. The lowest BCUT2D eigenvalue weighted by Gasteiger charge is -2.02. The van der Waals surface area contributed by atoms with Crippen LogP contribution in [0.4, 0.5) is 0 Å². The van der Waals surface area contributed by atoms with Gasteiger partial charge in [0.05, 0.1) is 6.61 Å². The molecule has 0 aliphatic carbocycles. The molecule has 0 aliphatic heterocycles. The lowest BCUT2D eigenvalue weighted by molar-refractivity contribution is 0.0524. The van der Waals surface area contributed by atoms with Gasteiger partial charge in [0.2, 0.25) is 0 Å². The van der Waals surface area contributed by atoms with Crippen LogP contribution in [0.3, 0.4) is 0 Å². The predicted molar refractivity (Wildman–Crippen MR) is 46.8 cm³/mol. The number of rotatable bonds is 2. The average molecular weight is 182 g/mol. The van der Waals surface area contributed by atoms with Gasteiger partial charge in [-0.3, -0.25) is 9.47 Å². The van der Waals surface area contributed by atoms with Crippen molar-refractivity contribution in [2.75, 3.05) is 12.4 Å². The Hall–Kier alpha value is -1.78. The summed E-state index contributed by atoms with van der Waals surface area (Å²) in [6.07, 6.45) is 2.60. The van der Waals surface area contributed by atoms with Crippen molar-refractivity contribution >= 4 is 5.97 Å². The van der Waals surface area contributed by atoms with Crippen LogP contribution < -0.4 is 11.3 Å². The zero-order valence-electron chi connectivity index (χ0n) is 7.19. The number of nitrogens with zero attached hydrogens (tertiary/aromatic N) is 1. The molecule has 1 aromatic rings. The Kier molecular flexibility index (Phi) is 2.69. The van der Waals surface area contributed by atoms with Crippen molar-refractivity contribution in [3.63, 3.8) is 0 Å². The highest BCUT2D eigenvalue weighted by Crippen LogP contribution is 1.93. The van der Waals surface area contributed by atoms with E-state index in [1.165, 1.54) is 18.5 Å². The third-order valence-electron chi connectivity index (χ3n) is 1.44. The number of hydrogen-bond donors (Lipinski definition) is 1. The van der Waals surface area contributed by atoms with Crippen molar-refractivity contribution in [2.45, 2.75) is 6.92 Å². The normalized spacial score (nSPS) is 9.62. The third kappa shape index (κ3) is 2.08. The Morgan fingerprint density at radius 3 is 3.00 bits per heavy atom. The summed E-state index contributed by atoms with van der Waals surface area (Å²) in [5.74, 6) is 4.69. The third-order valence-corrected chi connectivity index (χ3v) is 1.44. The molecule has 0 bridgehead atoms. The molecule has 1 aromatic heterocycles. The SMILES string of the molecule is CCOC(=O)c1cn(N)ccc1=O. The second-order valence-electron chi connectivity index (χ2n) is 2.39. The molecule has 5 nitrogen and oxygen atoms in total. The van der Waals surface area contributed by atoms with Gasteiger partial charge in [-0.2, -0.15) is 0 Å². The zero-order valence-corrected chi connectivity index (χ0v) is 7.19. The maximum absolute atomic E-state index is 11.1. The summed E-state index contributed by atoms with van der Waals surface area (Å²) >= 11 is 0. The number of aromatic nitrogens is 1. The molecule has 0 fully saturated rings. The number of carbonyl (C=O) groups is 1. The molecule has 70 valence electrons. The van der Waals surface area contributed by atoms with E-state index in [2.05, 4.69) is 4.74 Å². The smallest absolute Gasteiger partial charge is 0.343 e. The van der Waals surface area contributed by atoms with E-state index in [9.17, 15) is 9.59 Å². The lowest BCUT2D eigenvalue weighted by Crippen LogP contribution is -2.21. The Bertz CT molecular complexity index is 370. The Morgan fingerprint density at radius 1 is 1.69 bits per heavy atom. The molecule has 0 aliphatic rings. The van der Waals surface area contributed by atoms with Gasteiger partial charge in [-0.05, 0) is 6.92 Å². The molecule has 0 aromatic carbocycles. The number of esters is 1. The van der Waals surface area contributed by atoms with E-state index >= 15 is 0 Å². The number of carbonyl (C=O) groups excluding carboxylic acids is 1. The molecule has 0 saturated carbocycles. The van der Waals surface area contributed by atoms with Crippen LogP contribution in [-0.2, 0) is 4.74 Å². The molecule has 2 N–H and O–H groups in total. The van der Waals surface area contributed by atoms with Crippen LogP contribution in [0.15, 0.2) is 23.3 Å². The van der Waals surface area contributed by atoms with Gasteiger partial charge in [0.1, 0.15) is 5.56 Å². The van der Waals surface area contributed by atoms with Crippen molar-refractivity contribution in [3.05, 3.63) is 34.2 Å². The first-order valence-corrected chi connectivity index (χ1v) is 3.79. The van der Waals surface area contributed by atoms with Crippen LogP contribution in [0.5, 0.6) is 0 Å². The van der Waals surface area contributed by atoms with Gasteiger partial charge >= 0.3 is 5.97 Å². The van der Waals surface area contributed by atoms with E-state index in [0.29, 0.717) is 0 Å². The zero-order chi connectivity index (χ0) is 9.84. The fourth-order valence-electron chi connectivity index (χ4n) is 0.861. The molecule has 0 saturated heterocycles. The van der Waals surface area contributed by atoms with Crippen molar-refractivity contribution in [1.82, 2.24) is 4.68 Å². The minimum atomic E-state index is -0.646. The Morgan fingerprint density at radius 2 is 2.38 bits per heavy atom. The monoisotopic (exact) mass is 182 g/mol. The van der Waals surface area contributed by atoms with E-state index in [1.54, 1.807) is 6.92 Å². The number of nitrogens with two attached hydrogens (primary N) is 1. The first-order valence-electron chi connectivity index (χ1n) is 3.79. The molecule has 0 atom stereocenters. The summed E-state index contributed by atoms with van der Waals surface area (Å²) < 4.78 is 5.79. The van der Waals surface area contributed by atoms with Crippen molar-refractivity contribution in [2.24, 2.45) is 0 Å². The number of ether oxygens (including phenoxy) is 1. The van der Waals surface area contributed by atoms with Crippen molar-refractivity contribution in [3.8, 4) is 0 Å². The molecule has 0 spiro atoms. The average Bonchev–Trinajstić information content (AvgIpc) is 2.09. The second-order valence-corrected chi connectivity index (χ2v) is 2.39. The topological polar surface area (TPSA) is 74.3 Å². The highest BCUT2D eigenvalue weighted by atomic mass is 16.5. The van der Waals surface area contributed by atoms with E-state index in [0.717, 1.165) is 4.68 Å². The Labute approximate surface area is 74.7 Å². The summed E-state index contributed by atoms with van der Waals surface area (Å²) in [5, 5.41) is 0. The van der Waals surface area contributed by atoms with Gasteiger partial charge in [-0.1, -0.05) is 0 Å². The molecule has 5 heteroatoms. The fraction of sp³-hybridized carbons (Fsp3) is 0.250. The first kappa shape index (κ1) is 9.31. The molecule has 0 amide bonds. The van der Waals surface area contributed by atoms with Gasteiger partial charge in [0, 0.05) is 18.5 Å². The van der Waals surface area contributed by atoms with Crippen LogP contribution >= 0.6 is 0 Å². The van der Waals surface area contributed by atoms with Gasteiger partial charge in [0.15, 0.2) is 5.43 Å². The minimum Gasteiger partial charge on any atom is -0.462 e. The molecule has 0 unspecified atom stereocenters. The minimum absolute atomic E-state index is 0.0492. The maximum Gasteiger partial charge on any atom is 0.343 e. The Balaban J connectivity index is 3.06. The highest BCUT2D eigenvalue weighted by molar-refractivity contribution is 5.88. The highest BCUT2D eigenvalue weighted by Gasteiger charge is 2.10. The van der Waals surface area contributed by atoms with Crippen LogP contribution in [0.1, 0.15) is 17.3 Å². The number of pyridine rings is 1. The number of hydrogen-bond acceptors (Lipinski definition) is 4. The summed E-state index contributed by atoms with van der Waals surface area (Å²) in [6, 6.07) is 1.21. The van der Waals surface area contributed by atoms with E-state index in [4.69, 9.17) is 5.84 Å². The van der Waals surface area contributed by atoms with Gasteiger partial charge in [-0.25, -0.2) is 4.79 Å². The predicted octanol–water partition coefficient (Wildman–Crippen LogP) is -0.261. The fourth-order valence-corrected chi connectivity index (χ4v) is 0.861. The summed E-state index contributed by atoms with van der Waals surface area (Å²) in [4.78, 5) is 22.2. The molecule has 1 heterocycles. The van der Waals surface area contributed by atoms with Gasteiger partial charge in [-0.15, -0.1) is 0 Å². The largest absolute Gasteiger partial charge is 0.462 e. The second kappa shape index (κ2) is 3.75. The van der Waals surface area contributed by atoms with Crippen LogP contribution in [0, 0.1) is 0 Å². The van der Waals surface area contributed by atoms with Crippen LogP contribution in [0.2, 0.25) is 0 Å². The van der Waals surface area contributed by atoms with Crippen molar-refractivity contribution < 1.29 is 9.53 Å². The molecule has 1 rings (SSSR count). The first-order chi connectivity index (χ1) is 6.15. The van der Waals surface area contributed by atoms with Crippen LogP contribution in [0.25, 0.3) is 0 Å². The summed E-state index contributed by atoms with van der Waals surface area (Å²) in [6.45, 7) is 1.90. The van der Waals surface area contributed by atoms with E-state index < -0.39 is 5.97 Å². The number of nitrogen functional groups attached to an aromatic ring is 1. The van der Waals surface area contributed by atoms with Gasteiger partial charge < -0.3 is 10.6 Å². The lowest BCUT2D eigenvalue weighted by atomic mass is 10.3. The van der Waals surface area contributed by atoms with Crippen molar-refractivity contribution in [1.29, 1.82) is 0 Å². The van der Waals surface area contributed by atoms with E-state index in [-0.39, 0.29) is 17.6 Å². The van der Waals surface area contributed by atoms with Crippen LogP contribution in [-0.4, -0.2) is 17.3 Å². The molecular weight excluding hydrogens is 172 g/mol. The summed E-state index contributed by atoms with van der Waals surface area (Å²) in [7, 11) is 0.